The van der Waals surface area contributed by atoms with E-state index in [4.69, 9.17) is 10.00 Å². The number of nitriles is 1. The molecule has 4 heteroatoms. The highest BCUT2D eigenvalue weighted by Crippen LogP contribution is 2.15. The Morgan fingerprint density at radius 2 is 1.72 bits per heavy atom. The second-order valence-electron chi connectivity index (χ2n) is 3.70. The van der Waals surface area contributed by atoms with Gasteiger partial charge in [0.25, 0.3) is 0 Å². The molecule has 0 aliphatic rings. The molecule has 0 spiro atoms. The smallest absolute Gasteiger partial charge is 0.124 e. The van der Waals surface area contributed by atoms with Crippen molar-refractivity contribution in [2.45, 2.75) is 6.61 Å². The average Bonchev–Trinajstić information content (AvgIpc) is 2.37. The van der Waals surface area contributed by atoms with Gasteiger partial charge in [-0.3, -0.25) is 0 Å². The molecule has 0 N–H and O–H groups in total. The van der Waals surface area contributed by atoms with Gasteiger partial charge in [-0.25, -0.2) is 8.78 Å². The minimum absolute atomic E-state index is 0.123. The summed E-state index contributed by atoms with van der Waals surface area (Å²) in [5.41, 5.74) is 0.795. The fourth-order valence-electron chi connectivity index (χ4n) is 1.50. The van der Waals surface area contributed by atoms with Crippen molar-refractivity contribution in [3.63, 3.8) is 0 Å². The lowest BCUT2D eigenvalue weighted by Crippen LogP contribution is -1.97. The number of hydrogen-bond donors (Lipinski definition) is 0. The highest BCUT2D eigenvalue weighted by Gasteiger charge is 2.02. The van der Waals surface area contributed by atoms with E-state index in [0.29, 0.717) is 11.3 Å². The molecule has 0 saturated heterocycles. The first kappa shape index (κ1) is 12.1. The molecule has 0 aromatic heterocycles. The van der Waals surface area contributed by atoms with Gasteiger partial charge in [-0.15, -0.1) is 0 Å². The third-order valence-electron chi connectivity index (χ3n) is 2.31. The molecule has 2 aromatic carbocycles. The maximum Gasteiger partial charge on any atom is 0.124 e. The summed E-state index contributed by atoms with van der Waals surface area (Å²) in [6, 6.07) is 11.4. The van der Waals surface area contributed by atoms with Crippen LogP contribution in [0, 0.1) is 23.0 Å². The zero-order chi connectivity index (χ0) is 13.0. The van der Waals surface area contributed by atoms with Crippen molar-refractivity contribution in [1.82, 2.24) is 0 Å². The summed E-state index contributed by atoms with van der Waals surface area (Å²) >= 11 is 0. The van der Waals surface area contributed by atoms with E-state index in [2.05, 4.69) is 0 Å². The summed E-state index contributed by atoms with van der Waals surface area (Å²) in [6.07, 6.45) is 0. The molecular weight excluding hydrogens is 236 g/mol. The van der Waals surface area contributed by atoms with E-state index < -0.39 is 5.82 Å². The number of nitrogens with zero attached hydrogens (tertiary/aromatic N) is 1. The summed E-state index contributed by atoms with van der Waals surface area (Å²) in [6.45, 7) is 0.123. The van der Waals surface area contributed by atoms with Gasteiger partial charge in [0.2, 0.25) is 0 Å². The van der Waals surface area contributed by atoms with E-state index in [9.17, 15) is 8.78 Å². The Balaban J connectivity index is 2.08. The topological polar surface area (TPSA) is 33.0 Å². The summed E-state index contributed by atoms with van der Waals surface area (Å²) in [5, 5.41) is 8.70. The van der Waals surface area contributed by atoms with Crippen LogP contribution >= 0.6 is 0 Å². The lowest BCUT2D eigenvalue weighted by atomic mass is 10.1. The first-order chi connectivity index (χ1) is 8.67. The van der Waals surface area contributed by atoms with Crippen molar-refractivity contribution in [3.05, 3.63) is 65.2 Å². The summed E-state index contributed by atoms with van der Waals surface area (Å²) < 4.78 is 31.2. The van der Waals surface area contributed by atoms with Crippen LogP contribution in [0.15, 0.2) is 42.5 Å². The third kappa shape index (κ3) is 3.05. The molecule has 18 heavy (non-hydrogen) atoms. The van der Waals surface area contributed by atoms with Gasteiger partial charge in [-0.2, -0.15) is 5.26 Å². The molecule has 0 heterocycles. The number of rotatable bonds is 3. The fraction of sp³-hybridized carbons (Fsp3) is 0.0714. The Morgan fingerprint density at radius 1 is 1.00 bits per heavy atom. The Kier molecular flexibility index (Phi) is 3.54. The molecule has 2 aromatic rings. The van der Waals surface area contributed by atoms with Crippen LogP contribution in [0.3, 0.4) is 0 Å². The van der Waals surface area contributed by atoms with Gasteiger partial charge in [0.1, 0.15) is 24.0 Å². The van der Waals surface area contributed by atoms with Gasteiger partial charge in [0.15, 0.2) is 0 Å². The van der Waals surface area contributed by atoms with Crippen LogP contribution in [0.1, 0.15) is 11.1 Å². The molecule has 0 saturated carbocycles. The predicted molar refractivity (Wildman–Crippen MR) is 61.8 cm³/mol. The van der Waals surface area contributed by atoms with Gasteiger partial charge in [0, 0.05) is 0 Å². The van der Waals surface area contributed by atoms with Crippen molar-refractivity contribution >= 4 is 0 Å². The zero-order valence-corrected chi connectivity index (χ0v) is 9.36. The van der Waals surface area contributed by atoms with Gasteiger partial charge >= 0.3 is 0 Å². The molecule has 0 fully saturated rings. The van der Waals surface area contributed by atoms with Gasteiger partial charge in [-0.05, 0) is 48.0 Å². The highest BCUT2D eigenvalue weighted by atomic mass is 19.1. The van der Waals surface area contributed by atoms with E-state index in [1.807, 2.05) is 6.07 Å². The van der Waals surface area contributed by atoms with E-state index in [1.54, 1.807) is 6.07 Å². The maximum absolute atomic E-state index is 13.1. The Bertz CT molecular complexity index is 588. The van der Waals surface area contributed by atoms with Crippen LogP contribution in [0.2, 0.25) is 0 Å². The summed E-state index contributed by atoms with van der Waals surface area (Å²) in [5.74, 6) is -0.342. The Labute approximate surface area is 103 Å². The second-order valence-corrected chi connectivity index (χ2v) is 3.70. The SMILES string of the molecule is N#Cc1cc(F)cc(COc2ccc(F)cc2)c1. The molecular formula is C14H9F2NO. The van der Waals surface area contributed by atoms with Crippen molar-refractivity contribution in [2.24, 2.45) is 0 Å². The van der Waals surface area contributed by atoms with Gasteiger partial charge in [-0.1, -0.05) is 0 Å². The average molecular weight is 245 g/mol. The molecule has 2 nitrogen and oxygen atoms in total. The standard InChI is InChI=1S/C14H9F2NO/c15-12-1-3-14(4-2-12)18-9-11-5-10(8-17)6-13(16)7-11/h1-7H,9H2. The van der Waals surface area contributed by atoms with Gasteiger partial charge in [0.05, 0.1) is 11.6 Å². The first-order valence-electron chi connectivity index (χ1n) is 5.25. The lowest BCUT2D eigenvalue weighted by Gasteiger charge is -2.06. The number of benzene rings is 2. The molecule has 0 amide bonds. The first-order valence-corrected chi connectivity index (χ1v) is 5.25. The molecule has 90 valence electrons. The Hall–Kier alpha value is -2.41. The monoisotopic (exact) mass is 245 g/mol. The van der Waals surface area contributed by atoms with Gasteiger partial charge < -0.3 is 4.74 Å². The Morgan fingerprint density at radius 3 is 2.39 bits per heavy atom. The third-order valence-corrected chi connectivity index (χ3v) is 2.31. The van der Waals surface area contributed by atoms with Crippen molar-refractivity contribution in [3.8, 4) is 11.8 Å². The molecule has 0 atom stereocenters. The minimum Gasteiger partial charge on any atom is -0.489 e. The lowest BCUT2D eigenvalue weighted by molar-refractivity contribution is 0.305. The largest absolute Gasteiger partial charge is 0.489 e. The number of ether oxygens (including phenoxy) is 1. The molecule has 0 unspecified atom stereocenters. The van der Waals surface area contributed by atoms with E-state index >= 15 is 0 Å². The minimum atomic E-state index is -0.480. The van der Waals surface area contributed by atoms with E-state index in [-0.39, 0.29) is 18.0 Å². The fourth-order valence-corrected chi connectivity index (χ4v) is 1.50. The van der Waals surface area contributed by atoms with E-state index in [0.717, 1.165) is 6.07 Å². The van der Waals surface area contributed by atoms with Crippen LogP contribution in [-0.4, -0.2) is 0 Å². The number of hydrogen-bond acceptors (Lipinski definition) is 2. The van der Waals surface area contributed by atoms with E-state index in [1.165, 1.54) is 30.3 Å². The molecule has 2 rings (SSSR count). The summed E-state index contributed by atoms with van der Waals surface area (Å²) in [4.78, 5) is 0. The van der Waals surface area contributed by atoms with Crippen LogP contribution in [0.5, 0.6) is 5.75 Å². The van der Waals surface area contributed by atoms with Crippen LogP contribution < -0.4 is 4.74 Å². The highest BCUT2D eigenvalue weighted by molar-refractivity contribution is 5.33. The van der Waals surface area contributed by atoms with Crippen molar-refractivity contribution in [1.29, 1.82) is 5.26 Å². The maximum atomic E-state index is 13.1. The normalized spacial score (nSPS) is 9.83. The zero-order valence-electron chi connectivity index (χ0n) is 9.36. The molecule has 0 radical (unpaired) electrons. The molecule has 0 bridgehead atoms. The quantitative estimate of drug-likeness (QED) is 0.830. The van der Waals surface area contributed by atoms with Crippen LogP contribution in [-0.2, 0) is 6.61 Å². The van der Waals surface area contributed by atoms with Crippen molar-refractivity contribution in [2.75, 3.05) is 0 Å². The molecule has 0 aliphatic heterocycles. The number of halogens is 2. The van der Waals surface area contributed by atoms with Crippen LogP contribution in [0.4, 0.5) is 8.78 Å². The predicted octanol–water partition coefficient (Wildman–Crippen LogP) is 3.42. The van der Waals surface area contributed by atoms with Crippen molar-refractivity contribution < 1.29 is 13.5 Å². The summed E-state index contributed by atoms with van der Waals surface area (Å²) in [7, 11) is 0. The molecule has 0 aliphatic carbocycles. The second kappa shape index (κ2) is 5.28. The van der Waals surface area contributed by atoms with Crippen LogP contribution in [0.25, 0.3) is 0 Å².